The van der Waals surface area contributed by atoms with Crippen LogP contribution in [0.15, 0.2) is 12.8 Å². The third-order valence-corrected chi connectivity index (χ3v) is 5.55. The van der Waals surface area contributed by atoms with Gasteiger partial charge in [0.2, 0.25) is 6.79 Å². The van der Waals surface area contributed by atoms with Crippen molar-refractivity contribution in [2.75, 3.05) is 33.2 Å². The molecule has 0 atom stereocenters. The fourth-order valence-electron chi connectivity index (χ4n) is 1.68. The summed E-state index contributed by atoms with van der Waals surface area (Å²) < 4.78 is 26.6. The first-order valence-electron chi connectivity index (χ1n) is 7.19. The lowest BCUT2D eigenvalue weighted by molar-refractivity contribution is 0.0330. The Hall–Kier alpha value is -1.09. The molecular formula is C13H27NO6Si. The Morgan fingerprint density at radius 2 is 1.71 bits per heavy atom. The third-order valence-electron chi connectivity index (χ3n) is 2.40. The molecule has 0 saturated carbocycles. The summed E-state index contributed by atoms with van der Waals surface area (Å²) in [5.74, 6) is 0. The number of amides is 1. The first-order chi connectivity index (χ1) is 10.1. The van der Waals surface area contributed by atoms with E-state index in [0.29, 0.717) is 38.8 Å². The van der Waals surface area contributed by atoms with Gasteiger partial charge in [-0.2, -0.15) is 0 Å². The van der Waals surface area contributed by atoms with Gasteiger partial charge in [0.05, 0.1) is 6.26 Å². The van der Waals surface area contributed by atoms with Crippen LogP contribution < -0.4 is 5.32 Å². The molecule has 0 rings (SSSR count). The maximum Gasteiger partial charge on any atom is 0.500 e. The minimum Gasteiger partial charge on any atom is -0.466 e. The van der Waals surface area contributed by atoms with Gasteiger partial charge in [-0.3, -0.25) is 0 Å². The van der Waals surface area contributed by atoms with Gasteiger partial charge in [0, 0.05) is 32.4 Å². The number of hydrogen-bond donors (Lipinski definition) is 1. The summed E-state index contributed by atoms with van der Waals surface area (Å²) in [5.41, 5.74) is 0. The van der Waals surface area contributed by atoms with Crippen molar-refractivity contribution < 1.29 is 27.5 Å². The Kier molecular flexibility index (Phi) is 12.0. The van der Waals surface area contributed by atoms with E-state index in [-0.39, 0.29) is 6.79 Å². The molecule has 0 aromatic carbocycles. The van der Waals surface area contributed by atoms with Gasteiger partial charge in [-0.15, -0.1) is 0 Å². The Bertz CT molecular complexity index is 273. The van der Waals surface area contributed by atoms with Crippen molar-refractivity contribution in [3.8, 4) is 0 Å². The number of carbonyl (C=O) groups is 1. The second-order valence-electron chi connectivity index (χ2n) is 3.90. The summed E-state index contributed by atoms with van der Waals surface area (Å²) in [6.07, 6.45) is 1.36. The van der Waals surface area contributed by atoms with Gasteiger partial charge in [0.15, 0.2) is 0 Å². The Labute approximate surface area is 127 Å². The molecule has 7 nitrogen and oxygen atoms in total. The molecule has 0 spiro atoms. The van der Waals surface area contributed by atoms with Crippen LogP contribution >= 0.6 is 0 Å². The molecule has 0 aliphatic heterocycles. The Morgan fingerprint density at radius 3 is 2.19 bits per heavy atom. The average molecular weight is 321 g/mol. The molecule has 0 aromatic rings. The van der Waals surface area contributed by atoms with E-state index in [0.717, 1.165) is 0 Å². The van der Waals surface area contributed by atoms with Crippen LogP contribution in [0.4, 0.5) is 4.79 Å². The second kappa shape index (κ2) is 12.6. The number of rotatable bonds is 13. The van der Waals surface area contributed by atoms with Crippen LogP contribution in [0.2, 0.25) is 6.04 Å². The molecule has 0 fully saturated rings. The zero-order valence-corrected chi connectivity index (χ0v) is 14.2. The summed E-state index contributed by atoms with van der Waals surface area (Å²) in [6.45, 7) is 11.0. The lowest BCUT2D eigenvalue weighted by Gasteiger charge is -2.28. The predicted molar refractivity (Wildman–Crippen MR) is 80.7 cm³/mol. The summed E-state index contributed by atoms with van der Waals surface area (Å²) in [5, 5.41) is 2.62. The van der Waals surface area contributed by atoms with Crippen molar-refractivity contribution in [1.82, 2.24) is 5.32 Å². The van der Waals surface area contributed by atoms with Crippen molar-refractivity contribution in [3.05, 3.63) is 12.8 Å². The number of carbonyl (C=O) groups excluding carboxylic acids is 1. The maximum absolute atomic E-state index is 11.3. The van der Waals surface area contributed by atoms with Crippen molar-refractivity contribution in [3.63, 3.8) is 0 Å². The average Bonchev–Trinajstić information content (AvgIpc) is 2.45. The fourth-order valence-corrected chi connectivity index (χ4v) is 4.30. The lowest BCUT2D eigenvalue weighted by Crippen LogP contribution is -2.46. The van der Waals surface area contributed by atoms with Crippen molar-refractivity contribution in [2.24, 2.45) is 0 Å². The van der Waals surface area contributed by atoms with Crippen LogP contribution in [0.25, 0.3) is 0 Å². The quantitative estimate of drug-likeness (QED) is 0.243. The summed E-state index contributed by atoms with van der Waals surface area (Å²) in [7, 11) is -2.63. The molecule has 8 heteroatoms. The van der Waals surface area contributed by atoms with E-state index in [2.05, 4.69) is 16.6 Å². The van der Waals surface area contributed by atoms with Crippen LogP contribution in [0.3, 0.4) is 0 Å². The highest BCUT2D eigenvalue weighted by Crippen LogP contribution is 2.17. The van der Waals surface area contributed by atoms with Crippen molar-refractivity contribution in [1.29, 1.82) is 0 Å². The standard InChI is InChI=1S/C13H27NO6Si/c1-5-16-12-17-13(15)14-10-9-11-21(18-6-2,19-7-3)20-8-4/h5H,1,6-12H2,2-4H3,(H,14,15). The first kappa shape index (κ1) is 19.9. The molecule has 0 aromatic heterocycles. The van der Waals surface area contributed by atoms with Gasteiger partial charge >= 0.3 is 14.9 Å². The van der Waals surface area contributed by atoms with Crippen molar-refractivity contribution in [2.45, 2.75) is 33.2 Å². The van der Waals surface area contributed by atoms with Gasteiger partial charge in [-0.25, -0.2) is 4.79 Å². The topological polar surface area (TPSA) is 75.3 Å². The molecule has 0 bridgehead atoms. The van der Waals surface area contributed by atoms with Crippen molar-refractivity contribution >= 4 is 14.9 Å². The number of hydrogen-bond acceptors (Lipinski definition) is 6. The Morgan fingerprint density at radius 1 is 1.14 bits per heavy atom. The van der Waals surface area contributed by atoms with E-state index < -0.39 is 14.9 Å². The minimum absolute atomic E-state index is 0.148. The van der Waals surface area contributed by atoms with Gasteiger partial charge in [0.1, 0.15) is 0 Å². The van der Waals surface area contributed by atoms with E-state index in [9.17, 15) is 4.79 Å². The van der Waals surface area contributed by atoms with E-state index in [1.807, 2.05) is 20.8 Å². The monoisotopic (exact) mass is 321 g/mol. The van der Waals surface area contributed by atoms with Crippen LogP contribution in [-0.4, -0.2) is 48.1 Å². The molecule has 0 saturated heterocycles. The zero-order valence-electron chi connectivity index (χ0n) is 13.2. The fraction of sp³-hybridized carbons (Fsp3) is 0.769. The third kappa shape index (κ3) is 9.46. The van der Waals surface area contributed by atoms with Crippen LogP contribution in [0.1, 0.15) is 27.2 Å². The number of ether oxygens (including phenoxy) is 2. The molecule has 1 N–H and O–H groups in total. The van der Waals surface area contributed by atoms with E-state index in [1.54, 1.807) is 0 Å². The van der Waals surface area contributed by atoms with E-state index in [1.165, 1.54) is 6.26 Å². The molecule has 124 valence electrons. The zero-order chi connectivity index (χ0) is 16.0. The van der Waals surface area contributed by atoms with E-state index >= 15 is 0 Å². The highest BCUT2D eigenvalue weighted by Gasteiger charge is 2.39. The second-order valence-corrected chi connectivity index (χ2v) is 6.63. The maximum atomic E-state index is 11.3. The minimum atomic E-state index is -2.63. The van der Waals surface area contributed by atoms with E-state index in [4.69, 9.17) is 18.0 Å². The summed E-state index contributed by atoms with van der Waals surface area (Å²) in [4.78, 5) is 11.3. The summed E-state index contributed by atoms with van der Waals surface area (Å²) >= 11 is 0. The molecule has 0 aliphatic rings. The molecule has 0 radical (unpaired) electrons. The number of alkyl carbamates (subject to hydrolysis) is 1. The molecule has 0 heterocycles. The molecule has 1 amide bonds. The highest BCUT2D eigenvalue weighted by atomic mass is 28.4. The molecule has 21 heavy (non-hydrogen) atoms. The van der Waals surface area contributed by atoms with Crippen LogP contribution in [0.5, 0.6) is 0 Å². The normalized spacial score (nSPS) is 11.0. The van der Waals surface area contributed by atoms with Gasteiger partial charge in [-0.05, 0) is 27.2 Å². The number of nitrogens with one attached hydrogen (secondary N) is 1. The summed E-state index contributed by atoms with van der Waals surface area (Å²) in [6, 6.07) is 0.645. The lowest BCUT2D eigenvalue weighted by atomic mass is 10.5. The first-order valence-corrected chi connectivity index (χ1v) is 9.12. The molecular weight excluding hydrogens is 294 g/mol. The Balaban J connectivity index is 4.06. The van der Waals surface area contributed by atoms with Gasteiger partial charge in [0.25, 0.3) is 0 Å². The molecule has 0 unspecified atom stereocenters. The SMILES string of the molecule is C=COCOC(=O)NCCC[Si](OCC)(OCC)OCC. The predicted octanol–water partition coefficient (Wildman–Crippen LogP) is 2.27. The highest BCUT2D eigenvalue weighted by molar-refractivity contribution is 6.60. The molecule has 0 aliphatic carbocycles. The van der Waals surface area contributed by atoms with Crippen LogP contribution in [0, 0.1) is 0 Å². The smallest absolute Gasteiger partial charge is 0.466 e. The largest absolute Gasteiger partial charge is 0.500 e. The van der Waals surface area contributed by atoms with Gasteiger partial charge < -0.3 is 28.1 Å². The van der Waals surface area contributed by atoms with Gasteiger partial charge in [-0.1, -0.05) is 6.58 Å². The van der Waals surface area contributed by atoms with Crippen LogP contribution in [-0.2, 0) is 22.8 Å².